The van der Waals surface area contributed by atoms with Gasteiger partial charge in [0.05, 0.1) is 6.54 Å². The number of amides is 4. The van der Waals surface area contributed by atoms with Crippen LogP contribution in [0.2, 0.25) is 0 Å². The fourth-order valence-corrected chi connectivity index (χ4v) is 5.77. The van der Waals surface area contributed by atoms with E-state index in [1.54, 1.807) is 15.9 Å². The molecular weight excluding hydrogens is 527 g/mol. The maximum Gasteiger partial charge on any atom is 0.254 e. The van der Waals surface area contributed by atoms with Crippen LogP contribution in [0.3, 0.4) is 0 Å². The molecule has 3 aliphatic rings. The number of rotatable bonds is 4. The van der Waals surface area contributed by atoms with E-state index in [-0.39, 0.29) is 42.3 Å². The molecule has 216 valence electrons. The zero-order chi connectivity index (χ0) is 28.8. The number of para-hydroxylation sites is 1. The average Bonchev–Trinajstić information content (AvgIpc) is 3.00. The van der Waals surface area contributed by atoms with Crippen molar-refractivity contribution in [3.8, 4) is 5.75 Å². The van der Waals surface area contributed by atoms with Crippen molar-refractivity contribution >= 4 is 24.1 Å². The fraction of sp³-hybridized carbons (Fsp3) is 0.419. The standard InChI is InChI=1S/C31H35FN4O5/c32-27-8-3-6-24(17-27)31(40)36-20-26-5-1-2-9-28(26)41-16-4-7-25-19-35(30(39)21-36)11-10-23(25)18-29(38)34-14-12-33(22-37)13-15-34/h1-9,17,22-23,25H,10-16,18-21H2/b7-4+/t23-,25-/m0/s1. The summed E-state index contributed by atoms with van der Waals surface area (Å²) in [6.07, 6.45) is 5.81. The van der Waals surface area contributed by atoms with E-state index in [1.807, 2.05) is 41.3 Å². The molecule has 2 aromatic carbocycles. The van der Waals surface area contributed by atoms with Gasteiger partial charge in [0.2, 0.25) is 18.2 Å². The number of halogens is 1. The predicted octanol–water partition coefficient (Wildman–Crippen LogP) is 2.57. The number of piperazine rings is 1. The molecule has 0 aromatic heterocycles. The number of carbonyl (C=O) groups excluding carboxylic acids is 4. The van der Waals surface area contributed by atoms with Gasteiger partial charge in [-0.2, -0.15) is 0 Å². The molecule has 9 nitrogen and oxygen atoms in total. The number of ether oxygens (including phenoxy) is 1. The van der Waals surface area contributed by atoms with Gasteiger partial charge in [0.25, 0.3) is 5.91 Å². The van der Waals surface area contributed by atoms with Gasteiger partial charge in [-0.05, 0) is 42.5 Å². The molecule has 0 unspecified atom stereocenters. The molecule has 4 amide bonds. The van der Waals surface area contributed by atoms with Gasteiger partial charge in [0.15, 0.2) is 0 Å². The summed E-state index contributed by atoms with van der Waals surface area (Å²) in [5, 5.41) is 0. The van der Waals surface area contributed by atoms with Gasteiger partial charge in [-0.15, -0.1) is 0 Å². The maximum absolute atomic E-state index is 13.9. The Morgan fingerprint density at radius 1 is 0.976 bits per heavy atom. The third-order valence-corrected chi connectivity index (χ3v) is 8.15. The lowest BCUT2D eigenvalue weighted by Crippen LogP contribution is -2.50. The molecule has 0 aliphatic carbocycles. The Morgan fingerprint density at radius 2 is 1.78 bits per heavy atom. The fourth-order valence-electron chi connectivity index (χ4n) is 5.77. The first-order valence-electron chi connectivity index (χ1n) is 14.1. The Labute approximate surface area is 239 Å². The Hall–Kier alpha value is -4.21. The molecule has 2 aromatic rings. The van der Waals surface area contributed by atoms with Crippen LogP contribution < -0.4 is 4.74 Å². The number of hydrogen-bond donors (Lipinski definition) is 0. The minimum Gasteiger partial charge on any atom is -0.489 e. The quantitative estimate of drug-likeness (QED) is 0.422. The largest absolute Gasteiger partial charge is 0.489 e. The van der Waals surface area contributed by atoms with E-state index in [1.165, 1.54) is 23.1 Å². The van der Waals surface area contributed by atoms with Crippen molar-refractivity contribution in [2.75, 3.05) is 52.4 Å². The molecule has 10 heteroatoms. The third-order valence-electron chi connectivity index (χ3n) is 8.15. The summed E-state index contributed by atoms with van der Waals surface area (Å²) in [5.41, 5.74) is 0.917. The van der Waals surface area contributed by atoms with E-state index in [0.717, 1.165) is 12.0 Å². The van der Waals surface area contributed by atoms with Crippen LogP contribution in [0, 0.1) is 17.7 Å². The molecule has 0 spiro atoms. The Kier molecular flexibility index (Phi) is 8.96. The summed E-state index contributed by atoms with van der Waals surface area (Å²) < 4.78 is 20.0. The molecule has 2 saturated heterocycles. The SMILES string of the molecule is O=CN1CCN(C(=O)C[C@@H]2CCN3C[C@@H]2/C=C/COc2ccccc2CN(C(=O)c2cccc(F)c2)CC3=O)CC1. The Bertz CT molecular complexity index is 1310. The van der Waals surface area contributed by atoms with Gasteiger partial charge in [-0.25, -0.2) is 4.39 Å². The van der Waals surface area contributed by atoms with Gasteiger partial charge in [-0.1, -0.05) is 36.4 Å². The molecule has 2 fully saturated rings. The van der Waals surface area contributed by atoms with Crippen LogP contribution >= 0.6 is 0 Å². The lowest BCUT2D eigenvalue weighted by molar-refractivity contribution is -0.138. The monoisotopic (exact) mass is 562 g/mol. The van der Waals surface area contributed by atoms with E-state index in [9.17, 15) is 23.6 Å². The smallest absolute Gasteiger partial charge is 0.254 e. The van der Waals surface area contributed by atoms with Gasteiger partial charge in [-0.3, -0.25) is 19.2 Å². The molecule has 2 atom stereocenters. The number of piperidine rings is 1. The molecule has 3 aliphatic heterocycles. The van der Waals surface area contributed by atoms with Crippen LogP contribution in [0.15, 0.2) is 60.7 Å². The van der Waals surface area contributed by atoms with Gasteiger partial charge >= 0.3 is 0 Å². The highest BCUT2D eigenvalue weighted by Crippen LogP contribution is 2.30. The third kappa shape index (κ3) is 6.93. The second-order valence-corrected chi connectivity index (χ2v) is 10.8. The van der Waals surface area contributed by atoms with Crippen LogP contribution in [0.5, 0.6) is 5.75 Å². The van der Waals surface area contributed by atoms with Crippen molar-refractivity contribution in [2.24, 2.45) is 11.8 Å². The van der Waals surface area contributed by atoms with Crippen molar-refractivity contribution in [2.45, 2.75) is 19.4 Å². The second-order valence-electron chi connectivity index (χ2n) is 10.8. The lowest BCUT2D eigenvalue weighted by Gasteiger charge is -2.39. The van der Waals surface area contributed by atoms with Crippen molar-refractivity contribution < 1.29 is 28.3 Å². The minimum atomic E-state index is -0.520. The minimum absolute atomic E-state index is 0.0503. The summed E-state index contributed by atoms with van der Waals surface area (Å²) in [4.78, 5) is 57.9. The summed E-state index contributed by atoms with van der Waals surface area (Å²) in [6.45, 7) is 3.31. The van der Waals surface area contributed by atoms with E-state index in [0.29, 0.717) is 64.5 Å². The summed E-state index contributed by atoms with van der Waals surface area (Å²) >= 11 is 0. The maximum atomic E-state index is 13.9. The van der Waals surface area contributed by atoms with Gasteiger partial charge in [0, 0.05) is 56.8 Å². The highest BCUT2D eigenvalue weighted by molar-refractivity contribution is 5.96. The van der Waals surface area contributed by atoms with Crippen molar-refractivity contribution in [1.82, 2.24) is 19.6 Å². The number of nitrogens with zero attached hydrogens (tertiary/aromatic N) is 4. The van der Waals surface area contributed by atoms with Crippen LogP contribution in [0.4, 0.5) is 4.39 Å². The normalized spacial score (nSPS) is 22.4. The molecule has 0 radical (unpaired) electrons. The van der Waals surface area contributed by atoms with Crippen molar-refractivity contribution in [3.05, 3.63) is 77.6 Å². The highest BCUT2D eigenvalue weighted by atomic mass is 19.1. The molecule has 0 saturated carbocycles. The van der Waals surface area contributed by atoms with Crippen LogP contribution in [-0.2, 0) is 20.9 Å². The average molecular weight is 563 g/mol. The number of carbonyl (C=O) groups is 4. The topological polar surface area (TPSA) is 90.5 Å². The molecule has 0 N–H and O–H groups in total. The molecular formula is C31H35FN4O5. The predicted molar refractivity (Wildman–Crippen MR) is 149 cm³/mol. The zero-order valence-electron chi connectivity index (χ0n) is 23.0. The Balaban J connectivity index is 1.35. The van der Waals surface area contributed by atoms with Crippen LogP contribution in [0.25, 0.3) is 0 Å². The highest BCUT2D eigenvalue weighted by Gasteiger charge is 2.34. The van der Waals surface area contributed by atoms with Gasteiger partial charge < -0.3 is 24.3 Å². The van der Waals surface area contributed by atoms with E-state index in [2.05, 4.69) is 0 Å². The first-order chi connectivity index (χ1) is 19.9. The molecule has 5 rings (SSSR count). The van der Waals surface area contributed by atoms with E-state index in [4.69, 9.17) is 4.74 Å². The van der Waals surface area contributed by atoms with Gasteiger partial charge in [0.1, 0.15) is 24.7 Å². The molecule has 2 bridgehead atoms. The van der Waals surface area contributed by atoms with Crippen molar-refractivity contribution in [1.29, 1.82) is 0 Å². The summed E-state index contributed by atoms with van der Waals surface area (Å²) in [5.74, 6) is -0.492. The van der Waals surface area contributed by atoms with Crippen LogP contribution in [-0.4, -0.2) is 96.2 Å². The lowest BCUT2D eigenvalue weighted by atomic mass is 9.82. The molecule has 41 heavy (non-hydrogen) atoms. The molecule has 3 heterocycles. The zero-order valence-corrected chi connectivity index (χ0v) is 23.0. The first kappa shape index (κ1) is 28.3. The van der Waals surface area contributed by atoms with E-state index < -0.39 is 11.7 Å². The van der Waals surface area contributed by atoms with Crippen LogP contribution in [0.1, 0.15) is 28.8 Å². The Morgan fingerprint density at radius 3 is 2.56 bits per heavy atom. The number of benzene rings is 2. The number of hydrogen-bond acceptors (Lipinski definition) is 5. The second kappa shape index (κ2) is 13.0. The van der Waals surface area contributed by atoms with E-state index >= 15 is 0 Å². The summed E-state index contributed by atoms with van der Waals surface area (Å²) in [6, 6.07) is 12.8. The van der Waals surface area contributed by atoms with Crippen molar-refractivity contribution in [3.63, 3.8) is 0 Å². The number of fused-ring (bicyclic) bond motifs is 3. The summed E-state index contributed by atoms with van der Waals surface area (Å²) in [7, 11) is 0. The first-order valence-corrected chi connectivity index (χ1v) is 14.1.